The normalized spacial score (nSPS) is 12.7. The van der Waals surface area contributed by atoms with Crippen molar-refractivity contribution in [3.63, 3.8) is 0 Å². The minimum Gasteiger partial charge on any atom is -0.329 e. The van der Waals surface area contributed by atoms with E-state index in [-0.39, 0.29) is 0 Å². The van der Waals surface area contributed by atoms with E-state index in [2.05, 4.69) is 51.8 Å². The first kappa shape index (κ1) is 13.1. The lowest BCUT2D eigenvalue weighted by molar-refractivity contribution is 0.579. The van der Waals surface area contributed by atoms with Gasteiger partial charge in [-0.15, -0.1) is 0 Å². The average molecular weight is 283 g/mol. The van der Waals surface area contributed by atoms with Crippen molar-refractivity contribution in [3.05, 3.63) is 59.0 Å². The van der Waals surface area contributed by atoms with E-state index < -0.39 is 0 Å². The average Bonchev–Trinajstić information content (AvgIpc) is 2.81. The molecule has 20 heavy (non-hydrogen) atoms. The molecule has 3 rings (SSSR count). The number of benzene rings is 1. The molecule has 0 aliphatic heterocycles. The van der Waals surface area contributed by atoms with Crippen molar-refractivity contribution in [1.29, 1.82) is 0 Å². The number of hydrogen-bond donors (Lipinski definition) is 1. The molecule has 0 bridgehead atoms. The van der Waals surface area contributed by atoms with Crippen molar-refractivity contribution in [2.75, 3.05) is 0 Å². The quantitative estimate of drug-likeness (QED) is 0.725. The Bertz CT molecular complexity index is 758. The lowest BCUT2D eigenvalue weighted by Crippen LogP contribution is -2.03. The fraction of sp³-hybridized carbons (Fsp3) is 0.250. The van der Waals surface area contributed by atoms with Crippen molar-refractivity contribution in [2.45, 2.75) is 25.8 Å². The molecule has 4 heteroatoms. The lowest BCUT2D eigenvalue weighted by atomic mass is 9.98. The highest BCUT2D eigenvalue weighted by Gasteiger charge is 2.08. The SMILES string of the molecule is CC(CCn1c(=S)[nH]c2cccnc21)c1ccccc1. The zero-order chi connectivity index (χ0) is 13.9. The van der Waals surface area contributed by atoms with Gasteiger partial charge in [0.2, 0.25) is 0 Å². The predicted octanol–water partition coefficient (Wildman–Crippen LogP) is 4.29. The number of aryl methyl sites for hydroxylation is 1. The van der Waals surface area contributed by atoms with E-state index in [1.54, 1.807) is 0 Å². The summed E-state index contributed by atoms with van der Waals surface area (Å²) in [6.07, 6.45) is 2.85. The molecule has 1 aromatic carbocycles. The number of H-pyrrole nitrogens is 1. The van der Waals surface area contributed by atoms with Crippen molar-refractivity contribution in [2.24, 2.45) is 0 Å². The number of pyridine rings is 1. The van der Waals surface area contributed by atoms with Crippen LogP contribution in [0.3, 0.4) is 0 Å². The van der Waals surface area contributed by atoms with Crippen molar-refractivity contribution >= 4 is 23.4 Å². The zero-order valence-corrected chi connectivity index (χ0v) is 12.2. The monoisotopic (exact) mass is 283 g/mol. The van der Waals surface area contributed by atoms with Crippen LogP contribution in [0.2, 0.25) is 0 Å². The van der Waals surface area contributed by atoms with E-state index in [0.29, 0.717) is 5.92 Å². The van der Waals surface area contributed by atoms with Crippen LogP contribution >= 0.6 is 12.2 Å². The third-order valence-electron chi connectivity index (χ3n) is 3.68. The Morgan fingerprint density at radius 2 is 2.00 bits per heavy atom. The number of fused-ring (bicyclic) bond motifs is 1. The van der Waals surface area contributed by atoms with Gasteiger partial charge in [-0.05, 0) is 42.3 Å². The summed E-state index contributed by atoms with van der Waals surface area (Å²) in [6.45, 7) is 3.13. The molecule has 1 unspecified atom stereocenters. The molecule has 0 fully saturated rings. The number of aromatic amines is 1. The first-order valence-electron chi connectivity index (χ1n) is 6.84. The van der Waals surface area contributed by atoms with Gasteiger partial charge in [0.05, 0.1) is 5.52 Å². The summed E-state index contributed by atoms with van der Waals surface area (Å²) in [5.74, 6) is 0.506. The number of nitrogens with one attached hydrogen (secondary N) is 1. The molecular formula is C16H17N3S. The molecule has 2 aromatic heterocycles. The second kappa shape index (κ2) is 5.59. The molecule has 0 spiro atoms. The smallest absolute Gasteiger partial charge is 0.179 e. The molecule has 0 saturated heterocycles. The van der Waals surface area contributed by atoms with E-state index in [0.717, 1.165) is 28.9 Å². The summed E-state index contributed by atoms with van der Waals surface area (Å²) in [5.41, 5.74) is 3.31. The molecule has 102 valence electrons. The Balaban J connectivity index is 1.81. The largest absolute Gasteiger partial charge is 0.329 e. The molecule has 0 saturated carbocycles. The van der Waals surface area contributed by atoms with Crippen LogP contribution in [-0.2, 0) is 6.54 Å². The van der Waals surface area contributed by atoms with Gasteiger partial charge in [0.25, 0.3) is 0 Å². The summed E-state index contributed by atoms with van der Waals surface area (Å²) >= 11 is 5.39. The molecule has 3 aromatic rings. The Hall–Kier alpha value is -1.94. The summed E-state index contributed by atoms with van der Waals surface area (Å²) in [4.78, 5) is 7.62. The van der Waals surface area contributed by atoms with Crippen LogP contribution < -0.4 is 0 Å². The van der Waals surface area contributed by atoms with Gasteiger partial charge in [-0.25, -0.2) is 4.98 Å². The van der Waals surface area contributed by atoms with E-state index in [4.69, 9.17) is 12.2 Å². The van der Waals surface area contributed by atoms with Crippen LogP contribution in [-0.4, -0.2) is 14.5 Å². The Kier molecular flexibility index (Phi) is 3.65. The second-order valence-electron chi connectivity index (χ2n) is 5.06. The summed E-state index contributed by atoms with van der Waals surface area (Å²) in [5, 5.41) is 0. The molecule has 2 heterocycles. The topological polar surface area (TPSA) is 33.6 Å². The molecule has 0 radical (unpaired) electrons. The summed E-state index contributed by atoms with van der Waals surface area (Å²) in [6, 6.07) is 14.5. The maximum atomic E-state index is 5.39. The summed E-state index contributed by atoms with van der Waals surface area (Å²) in [7, 11) is 0. The predicted molar refractivity (Wildman–Crippen MR) is 84.4 cm³/mol. The lowest BCUT2D eigenvalue weighted by Gasteiger charge is -2.12. The third-order valence-corrected chi connectivity index (χ3v) is 4.01. The fourth-order valence-corrected chi connectivity index (χ4v) is 2.75. The van der Waals surface area contributed by atoms with E-state index in [1.807, 2.05) is 18.3 Å². The van der Waals surface area contributed by atoms with Gasteiger partial charge in [-0.1, -0.05) is 37.3 Å². The zero-order valence-electron chi connectivity index (χ0n) is 11.4. The number of hydrogen-bond acceptors (Lipinski definition) is 2. The Labute approximate surface area is 123 Å². The molecule has 1 atom stereocenters. The van der Waals surface area contributed by atoms with Gasteiger partial charge in [-0.3, -0.25) is 0 Å². The second-order valence-corrected chi connectivity index (χ2v) is 5.44. The number of imidazole rings is 1. The highest BCUT2D eigenvalue weighted by Crippen LogP contribution is 2.20. The Morgan fingerprint density at radius 3 is 2.80 bits per heavy atom. The van der Waals surface area contributed by atoms with E-state index >= 15 is 0 Å². The van der Waals surface area contributed by atoms with Gasteiger partial charge in [-0.2, -0.15) is 0 Å². The number of nitrogens with zero attached hydrogens (tertiary/aromatic N) is 2. The van der Waals surface area contributed by atoms with Gasteiger partial charge < -0.3 is 9.55 Å². The minimum absolute atomic E-state index is 0.506. The standard InChI is InChI=1S/C16H17N3S/c1-12(13-6-3-2-4-7-13)9-11-19-15-14(18-16(19)20)8-5-10-17-15/h2-8,10,12H,9,11H2,1H3,(H,18,20). The van der Waals surface area contributed by atoms with Crippen LogP contribution in [0, 0.1) is 4.77 Å². The number of rotatable bonds is 4. The number of aromatic nitrogens is 3. The third kappa shape index (κ3) is 2.51. The van der Waals surface area contributed by atoms with Crippen LogP contribution in [0.25, 0.3) is 11.2 Å². The van der Waals surface area contributed by atoms with Gasteiger partial charge in [0.1, 0.15) is 0 Å². The molecule has 0 aliphatic rings. The first-order valence-corrected chi connectivity index (χ1v) is 7.25. The van der Waals surface area contributed by atoms with Crippen LogP contribution in [0.1, 0.15) is 24.8 Å². The molecule has 0 aliphatic carbocycles. The molecular weight excluding hydrogens is 266 g/mol. The van der Waals surface area contributed by atoms with Gasteiger partial charge >= 0.3 is 0 Å². The Morgan fingerprint density at radius 1 is 1.20 bits per heavy atom. The maximum absolute atomic E-state index is 5.39. The van der Waals surface area contributed by atoms with Crippen LogP contribution in [0.15, 0.2) is 48.7 Å². The highest BCUT2D eigenvalue weighted by atomic mass is 32.1. The van der Waals surface area contributed by atoms with Crippen molar-refractivity contribution in [1.82, 2.24) is 14.5 Å². The van der Waals surface area contributed by atoms with Gasteiger partial charge in [0, 0.05) is 12.7 Å². The van der Waals surface area contributed by atoms with Crippen LogP contribution in [0.4, 0.5) is 0 Å². The van der Waals surface area contributed by atoms with Crippen molar-refractivity contribution in [3.8, 4) is 0 Å². The van der Waals surface area contributed by atoms with Gasteiger partial charge in [0.15, 0.2) is 10.4 Å². The highest BCUT2D eigenvalue weighted by molar-refractivity contribution is 7.71. The fourth-order valence-electron chi connectivity index (χ4n) is 2.47. The molecule has 1 N–H and O–H groups in total. The first-order chi connectivity index (χ1) is 9.75. The van der Waals surface area contributed by atoms with Crippen molar-refractivity contribution < 1.29 is 0 Å². The van der Waals surface area contributed by atoms with E-state index in [9.17, 15) is 0 Å². The minimum atomic E-state index is 0.506. The van der Waals surface area contributed by atoms with E-state index in [1.165, 1.54) is 5.56 Å². The molecule has 0 amide bonds. The molecule has 3 nitrogen and oxygen atoms in total. The summed E-state index contributed by atoms with van der Waals surface area (Å²) < 4.78 is 2.84. The maximum Gasteiger partial charge on any atom is 0.179 e. The van der Waals surface area contributed by atoms with Crippen LogP contribution in [0.5, 0.6) is 0 Å².